The standard InChI is InChI=1S/C13H21N3O2/c1-9-11(10(2)18-16-9)8-12(17)15-13(3)4-6-14-7-5-13/h14H,4-8H2,1-3H3,(H,15,17). The first-order valence-electron chi connectivity index (χ1n) is 6.44. The Bertz CT molecular complexity index is 414. The van der Waals surface area contributed by atoms with Gasteiger partial charge in [-0.15, -0.1) is 0 Å². The number of hydrogen-bond acceptors (Lipinski definition) is 4. The SMILES string of the molecule is Cc1noc(C)c1CC(=O)NC1(C)CCNCC1. The van der Waals surface area contributed by atoms with Crippen molar-refractivity contribution in [1.29, 1.82) is 0 Å². The molecule has 1 fully saturated rings. The van der Waals surface area contributed by atoms with Gasteiger partial charge in [0, 0.05) is 11.1 Å². The Kier molecular flexibility index (Phi) is 3.71. The third-order valence-electron chi connectivity index (χ3n) is 3.67. The van der Waals surface area contributed by atoms with Crippen LogP contribution in [-0.4, -0.2) is 29.7 Å². The first-order chi connectivity index (χ1) is 8.50. The normalized spacial score (nSPS) is 18.6. The van der Waals surface area contributed by atoms with Gasteiger partial charge in [-0.3, -0.25) is 4.79 Å². The highest BCUT2D eigenvalue weighted by atomic mass is 16.5. The van der Waals surface area contributed by atoms with Crippen molar-refractivity contribution < 1.29 is 9.32 Å². The van der Waals surface area contributed by atoms with Crippen LogP contribution in [0.3, 0.4) is 0 Å². The van der Waals surface area contributed by atoms with Crippen molar-refractivity contribution in [3.05, 3.63) is 17.0 Å². The highest BCUT2D eigenvalue weighted by Crippen LogP contribution is 2.18. The number of piperidine rings is 1. The smallest absolute Gasteiger partial charge is 0.225 e. The van der Waals surface area contributed by atoms with Gasteiger partial charge in [-0.2, -0.15) is 0 Å². The summed E-state index contributed by atoms with van der Waals surface area (Å²) in [5, 5.41) is 10.3. The predicted octanol–water partition coefficient (Wildman–Crippen LogP) is 1.09. The number of rotatable bonds is 3. The summed E-state index contributed by atoms with van der Waals surface area (Å²) in [6.45, 7) is 7.74. The van der Waals surface area contributed by atoms with Gasteiger partial charge in [0.25, 0.3) is 0 Å². The molecule has 1 amide bonds. The minimum atomic E-state index is -0.0820. The lowest BCUT2D eigenvalue weighted by atomic mass is 9.90. The van der Waals surface area contributed by atoms with E-state index in [0.717, 1.165) is 42.9 Å². The van der Waals surface area contributed by atoms with E-state index in [4.69, 9.17) is 4.52 Å². The zero-order valence-corrected chi connectivity index (χ0v) is 11.3. The van der Waals surface area contributed by atoms with E-state index in [2.05, 4.69) is 22.7 Å². The van der Waals surface area contributed by atoms with E-state index in [-0.39, 0.29) is 11.4 Å². The second kappa shape index (κ2) is 5.10. The van der Waals surface area contributed by atoms with E-state index >= 15 is 0 Å². The van der Waals surface area contributed by atoms with Crippen molar-refractivity contribution in [2.75, 3.05) is 13.1 Å². The molecule has 0 aromatic carbocycles. The van der Waals surface area contributed by atoms with Gasteiger partial charge in [0.15, 0.2) is 0 Å². The third-order valence-corrected chi connectivity index (χ3v) is 3.67. The van der Waals surface area contributed by atoms with Gasteiger partial charge in [0.05, 0.1) is 12.1 Å². The molecule has 2 N–H and O–H groups in total. The van der Waals surface area contributed by atoms with E-state index < -0.39 is 0 Å². The maximum Gasteiger partial charge on any atom is 0.225 e. The van der Waals surface area contributed by atoms with Gasteiger partial charge >= 0.3 is 0 Å². The fourth-order valence-electron chi connectivity index (χ4n) is 2.40. The Balaban J connectivity index is 1.96. The monoisotopic (exact) mass is 251 g/mol. The number of amides is 1. The lowest BCUT2D eigenvalue weighted by Gasteiger charge is -2.35. The molecule has 0 saturated carbocycles. The zero-order valence-electron chi connectivity index (χ0n) is 11.3. The molecule has 1 aliphatic heterocycles. The van der Waals surface area contributed by atoms with Gasteiger partial charge in [0.2, 0.25) is 5.91 Å². The molecule has 1 saturated heterocycles. The quantitative estimate of drug-likeness (QED) is 0.844. The molecule has 0 radical (unpaired) electrons. The van der Waals surface area contributed by atoms with Crippen molar-refractivity contribution in [1.82, 2.24) is 15.8 Å². The van der Waals surface area contributed by atoms with Crippen molar-refractivity contribution in [2.24, 2.45) is 0 Å². The van der Waals surface area contributed by atoms with Gasteiger partial charge in [-0.1, -0.05) is 5.16 Å². The van der Waals surface area contributed by atoms with E-state index in [1.165, 1.54) is 0 Å². The van der Waals surface area contributed by atoms with Crippen LogP contribution in [-0.2, 0) is 11.2 Å². The van der Waals surface area contributed by atoms with E-state index in [9.17, 15) is 4.79 Å². The first kappa shape index (κ1) is 13.1. The van der Waals surface area contributed by atoms with Crippen LogP contribution in [0.1, 0.15) is 36.8 Å². The molecule has 2 rings (SSSR count). The molecular formula is C13H21N3O2. The molecule has 1 aromatic heterocycles. The van der Waals surface area contributed by atoms with Crippen LogP contribution in [0.25, 0.3) is 0 Å². The highest BCUT2D eigenvalue weighted by Gasteiger charge is 2.28. The Morgan fingerprint density at radius 3 is 2.67 bits per heavy atom. The van der Waals surface area contributed by atoms with Crippen molar-refractivity contribution in [3.8, 4) is 0 Å². The highest BCUT2D eigenvalue weighted by molar-refractivity contribution is 5.79. The molecule has 18 heavy (non-hydrogen) atoms. The molecule has 0 bridgehead atoms. The molecule has 5 nitrogen and oxygen atoms in total. The molecular weight excluding hydrogens is 230 g/mol. The predicted molar refractivity (Wildman–Crippen MR) is 68.3 cm³/mol. The summed E-state index contributed by atoms with van der Waals surface area (Å²) in [7, 11) is 0. The second-order valence-corrected chi connectivity index (χ2v) is 5.34. The summed E-state index contributed by atoms with van der Waals surface area (Å²) in [4.78, 5) is 12.1. The summed E-state index contributed by atoms with van der Waals surface area (Å²) >= 11 is 0. The summed E-state index contributed by atoms with van der Waals surface area (Å²) in [5.74, 6) is 0.784. The summed E-state index contributed by atoms with van der Waals surface area (Å²) in [6, 6.07) is 0. The molecule has 1 aromatic rings. The Labute approximate surface area is 107 Å². The molecule has 0 spiro atoms. The number of aryl methyl sites for hydroxylation is 2. The summed E-state index contributed by atoms with van der Waals surface area (Å²) < 4.78 is 5.07. The summed E-state index contributed by atoms with van der Waals surface area (Å²) in [5.41, 5.74) is 1.63. The lowest BCUT2D eigenvalue weighted by Crippen LogP contribution is -2.52. The third kappa shape index (κ3) is 2.90. The molecule has 5 heteroatoms. The molecule has 0 unspecified atom stereocenters. The van der Waals surface area contributed by atoms with Crippen LogP contribution in [0.5, 0.6) is 0 Å². The van der Waals surface area contributed by atoms with E-state index in [0.29, 0.717) is 6.42 Å². The van der Waals surface area contributed by atoms with Crippen molar-refractivity contribution >= 4 is 5.91 Å². The number of carbonyl (C=O) groups is 1. The minimum Gasteiger partial charge on any atom is -0.361 e. The van der Waals surface area contributed by atoms with E-state index in [1.807, 2.05) is 13.8 Å². The minimum absolute atomic E-state index is 0.0498. The van der Waals surface area contributed by atoms with Crippen LogP contribution in [0.15, 0.2) is 4.52 Å². The van der Waals surface area contributed by atoms with Gasteiger partial charge in [0.1, 0.15) is 5.76 Å². The molecule has 0 aliphatic carbocycles. The number of hydrogen-bond donors (Lipinski definition) is 2. The number of aromatic nitrogens is 1. The maximum absolute atomic E-state index is 12.1. The summed E-state index contributed by atoms with van der Waals surface area (Å²) in [6.07, 6.45) is 2.30. The van der Waals surface area contributed by atoms with Crippen LogP contribution in [0.4, 0.5) is 0 Å². The van der Waals surface area contributed by atoms with Gasteiger partial charge < -0.3 is 15.2 Å². The first-order valence-corrected chi connectivity index (χ1v) is 6.44. The van der Waals surface area contributed by atoms with Crippen LogP contribution in [0, 0.1) is 13.8 Å². The second-order valence-electron chi connectivity index (χ2n) is 5.34. The van der Waals surface area contributed by atoms with Crippen LogP contribution < -0.4 is 10.6 Å². The topological polar surface area (TPSA) is 67.2 Å². The van der Waals surface area contributed by atoms with Gasteiger partial charge in [-0.05, 0) is 46.7 Å². The van der Waals surface area contributed by atoms with Gasteiger partial charge in [-0.25, -0.2) is 0 Å². The largest absolute Gasteiger partial charge is 0.361 e. The Morgan fingerprint density at radius 2 is 2.11 bits per heavy atom. The molecule has 100 valence electrons. The number of nitrogens with zero attached hydrogens (tertiary/aromatic N) is 1. The molecule has 1 aliphatic rings. The average molecular weight is 251 g/mol. The average Bonchev–Trinajstić information content (AvgIpc) is 2.61. The molecule has 2 heterocycles. The lowest BCUT2D eigenvalue weighted by molar-refractivity contribution is -0.122. The fraction of sp³-hybridized carbons (Fsp3) is 0.692. The fourth-order valence-corrected chi connectivity index (χ4v) is 2.40. The Morgan fingerprint density at radius 1 is 1.44 bits per heavy atom. The van der Waals surface area contributed by atoms with E-state index in [1.54, 1.807) is 0 Å². The number of nitrogens with one attached hydrogen (secondary N) is 2. The zero-order chi connectivity index (χ0) is 13.2. The van der Waals surface area contributed by atoms with Crippen LogP contribution >= 0.6 is 0 Å². The number of carbonyl (C=O) groups excluding carboxylic acids is 1. The Hall–Kier alpha value is -1.36. The molecule has 0 atom stereocenters. The van der Waals surface area contributed by atoms with Crippen molar-refractivity contribution in [3.63, 3.8) is 0 Å². The maximum atomic E-state index is 12.1. The van der Waals surface area contributed by atoms with Crippen molar-refractivity contribution in [2.45, 2.75) is 45.6 Å². The van der Waals surface area contributed by atoms with Crippen LogP contribution in [0.2, 0.25) is 0 Å².